The van der Waals surface area contributed by atoms with Crippen molar-refractivity contribution in [2.24, 2.45) is 0 Å². The number of hydrogen-bond donors (Lipinski definition) is 1. The molecular formula is C32H31N5O. The van der Waals surface area contributed by atoms with Crippen molar-refractivity contribution in [3.05, 3.63) is 131 Å². The Morgan fingerprint density at radius 1 is 0.921 bits per heavy atom. The van der Waals surface area contributed by atoms with E-state index in [1.165, 1.54) is 5.56 Å². The Balaban J connectivity index is 1.56. The summed E-state index contributed by atoms with van der Waals surface area (Å²) < 4.78 is 4.23. The molecule has 0 saturated carbocycles. The number of nitrogens with one attached hydrogen (secondary N) is 1. The minimum atomic E-state index is -0.282. The van der Waals surface area contributed by atoms with E-state index in [1.807, 2.05) is 59.0 Å². The second kappa shape index (κ2) is 9.71. The van der Waals surface area contributed by atoms with Gasteiger partial charge in [-0.2, -0.15) is 5.10 Å². The molecule has 0 aliphatic carbocycles. The van der Waals surface area contributed by atoms with Gasteiger partial charge in [0.25, 0.3) is 0 Å². The van der Waals surface area contributed by atoms with Crippen LogP contribution in [0, 0.1) is 13.8 Å². The van der Waals surface area contributed by atoms with Crippen molar-refractivity contribution >= 4 is 11.7 Å². The molecule has 3 heterocycles. The first kappa shape index (κ1) is 23.8. The lowest BCUT2D eigenvalue weighted by molar-refractivity contribution is 0.194. The van der Waals surface area contributed by atoms with Crippen LogP contribution in [0.3, 0.4) is 0 Å². The Morgan fingerprint density at radius 2 is 1.66 bits per heavy atom. The third-order valence-electron chi connectivity index (χ3n) is 7.34. The van der Waals surface area contributed by atoms with Crippen LogP contribution in [-0.4, -0.2) is 25.3 Å². The maximum atomic E-state index is 14.1. The molecule has 1 atom stereocenters. The first-order valence-electron chi connectivity index (χ1n) is 13.1. The Kier molecular flexibility index (Phi) is 6.08. The topological polar surface area (TPSA) is 55.1 Å². The Labute approximate surface area is 223 Å². The average molecular weight is 502 g/mol. The van der Waals surface area contributed by atoms with E-state index in [1.54, 1.807) is 0 Å². The molecule has 0 fully saturated rings. The Bertz CT molecular complexity index is 1600. The zero-order valence-electron chi connectivity index (χ0n) is 21.9. The lowest BCUT2D eigenvalue weighted by Crippen LogP contribution is -2.38. The molecule has 6 heteroatoms. The van der Waals surface area contributed by atoms with Gasteiger partial charge in [-0.1, -0.05) is 73.2 Å². The van der Waals surface area contributed by atoms with Crippen LogP contribution in [0.15, 0.2) is 97.2 Å². The van der Waals surface area contributed by atoms with Gasteiger partial charge in [-0.15, -0.1) is 0 Å². The first-order valence-corrected chi connectivity index (χ1v) is 13.1. The number of amides is 2. The van der Waals surface area contributed by atoms with Gasteiger partial charge in [0.1, 0.15) is 5.82 Å². The highest BCUT2D eigenvalue weighted by Crippen LogP contribution is 2.39. The van der Waals surface area contributed by atoms with E-state index in [0.29, 0.717) is 6.54 Å². The van der Waals surface area contributed by atoms with Crippen LogP contribution >= 0.6 is 0 Å². The lowest BCUT2D eigenvalue weighted by atomic mass is 10.0. The highest BCUT2D eigenvalue weighted by molar-refractivity contribution is 5.91. The molecule has 38 heavy (non-hydrogen) atoms. The summed E-state index contributed by atoms with van der Waals surface area (Å²) in [6, 6.07) is 30.3. The van der Waals surface area contributed by atoms with Gasteiger partial charge in [-0.25, -0.2) is 9.48 Å². The van der Waals surface area contributed by atoms with Gasteiger partial charge in [0, 0.05) is 17.4 Å². The number of benzene rings is 3. The predicted octanol–water partition coefficient (Wildman–Crippen LogP) is 6.98. The number of urea groups is 1. The van der Waals surface area contributed by atoms with Crippen LogP contribution in [-0.2, 0) is 13.0 Å². The van der Waals surface area contributed by atoms with Crippen molar-refractivity contribution in [3.63, 3.8) is 0 Å². The number of rotatable bonds is 4. The monoisotopic (exact) mass is 501 g/mol. The molecule has 2 aromatic heterocycles. The van der Waals surface area contributed by atoms with E-state index in [2.05, 4.69) is 78.5 Å². The highest BCUT2D eigenvalue weighted by atomic mass is 16.2. The fourth-order valence-corrected chi connectivity index (χ4v) is 5.35. The number of carbonyl (C=O) groups excluding carboxylic acids is 1. The van der Waals surface area contributed by atoms with E-state index in [0.717, 1.165) is 51.7 Å². The van der Waals surface area contributed by atoms with Crippen molar-refractivity contribution in [2.45, 2.75) is 39.8 Å². The third kappa shape index (κ3) is 4.08. The smallest absolute Gasteiger partial charge is 0.308 e. The first-order chi connectivity index (χ1) is 18.5. The van der Waals surface area contributed by atoms with Crippen LogP contribution in [0.2, 0.25) is 0 Å². The summed E-state index contributed by atoms with van der Waals surface area (Å²) >= 11 is 0. The molecule has 0 saturated heterocycles. The van der Waals surface area contributed by atoms with Crippen molar-refractivity contribution in [2.75, 3.05) is 5.32 Å². The van der Waals surface area contributed by atoms with E-state index >= 15 is 0 Å². The molecule has 190 valence electrons. The van der Waals surface area contributed by atoms with Crippen LogP contribution in [0.5, 0.6) is 0 Å². The minimum absolute atomic E-state index is 0.139. The van der Waals surface area contributed by atoms with Gasteiger partial charge < -0.3 is 14.8 Å². The second-order valence-electron chi connectivity index (χ2n) is 9.84. The molecule has 6 nitrogen and oxygen atoms in total. The van der Waals surface area contributed by atoms with E-state index in [-0.39, 0.29) is 12.1 Å². The molecule has 3 aromatic carbocycles. The van der Waals surface area contributed by atoms with E-state index in [9.17, 15) is 4.79 Å². The quantitative estimate of drug-likeness (QED) is 0.289. The molecular weight excluding hydrogens is 470 g/mol. The summed E-state index contributed by atoms with van der Waals surface area (Å²) in [4.78, 5) is 16.1. The number of aromatic nitrogens is 3. The van der Waals surface area contributed by atoms with Crippen LogP contribution < -0.4 is 5.32 Å². The minimum Gasteiger partial charge on any atom is -0.308 e. The van der Waals surface area contributed by atoms with Crippen molar-refractivity contribution in [3.8, 4) is 11.5 Å². The fraction of sp³-hybridized carbons (Fsp3) is 0.188. The SMILES string of the molecule is CCc1nn(-c2ccccc2)c2c1CN(C(=O)Nc1ccccc1C)[C@@H](c1ccc(C)cc1)c1cccn1-2. The summed E-state index contributed by atoms with van der Waals surface area (Å²) in [5.41, 5.74) is 8.15. The van der Waals surface area contributed by atoms with Gasteiger partial charge in [-0.05, 0) is 61.7 Å². The molecule has 0 bridgehead atoms. The Hall–Kier alpha value is -4.58. The molecule has 1 aliphatic rings. The second-order valence-corrected chi connectivity index (χ2v) is 9.84. The zero-order chi connectivity index (χ0) is 26.2. The standard InChI is InChI=1S/C32H31N5O/c1-4-27-26-21-36(32(38)33-28-14-9-8-11-23(28)3)30(24-18-16-22(2)17-19-24)29-15-10-20-35(29)31(26)37(34-27)25-12-6-5-7-13-25/h5-20,30H,4,21H2,1-3H3,(H,33,38)/t30-/m0/s1. The molecule has 6 rings (SSSR count). The third-order valence-corrected chi connectivity index (χ3v) is 7.34. The molecule has 1 N–H and O–H groups in total. The predicted molar refractivity (Wildman–Crippen MR) is 151 cm³/mol. The van der Waals surface area contributed by atoms with Crippen molar-refractivity contribution in [1.82, 2.24) is 19.2 Å². The number of fused-ring (bicyclic) bond motifs is 3. The van der Waals surface area contributed by atoms with E-state index < -0.39 is 0 Å². The normalized spacial score (nSPS) is 14.5. The Morgan fingerprint density at radius 3 is 2.39 bits per heavy atom. The summed E-state index contributed by atoms with van der Waals surface area (Å²) in [6.45, 7) is 6.65. The number of aryl methyl sites for hydroxylation is 3. The summed E-state index contributed by atoms with van der Waals surface area (Å²) in [5.74, 6) is 0.983. The maximum Gasteiger partial charge on any atom is 0.322 e. The van der Waals surface area contributed by atoms with Crippen LogP contribution in [0.4, 0.5) is 10.5 Å². The lowest BCUT2D eigenvalue weighted by Gasteiger charge is -2.31. The molecule has 0 radical (unpaired) electrons. The summed E-state index contributed by atoms with van der Waals surface area (Å²) in [5, 5.41) is 8.24. The summed E-state index contributed by atoms with van der Waals surface area (Å²) in [6.07, 6.45) is 2.85. The number of para-hydroxylation sites is 2. The number of anilines is 1. The summed E-state index contributed by atoms with van der Waals surface area (Å²) in [7, 11) is 0. The van der Waals surface area contributed by atoms with Gasteiger partial charge in [0.2, 0.25) is 0 Å². The molecule has 2 amide bonds. The zero-order valence-corrected chi connectivity index (χ0v) is 21.9. The average Bonchev–Trinajstić information content (AvgIpc) is 3.52. The van der Waals surface area contributed by atoms with Crippen LogP contribution in [0.1, 0.15) is 46.6 Å². The van der Waals surface area contributed by atoms with Crippen molar-refractivity contribution in [1.29, 1.82) is 0 Å². The number of nitrogens with zero attached hydrogens (tertiary/aromatic N) is 4. The fourth-order valence-electron chi connectivity index (χ4n) is 5.35. The number of carbonyl (C=O) groups is 1. The van der Waals surface area contributed by atoms with Crippen LogP contribution in [0.25, 0.3) is 11.5 Å². The maximum absolute atomic E-state index is 14.1. The van der Waals surface area contributed by atoms with Gasteiger partial charge in [0.15, 0.2) is 0 Å². The molecule has 5 aromatic rings. The van der Waals surface area contributed by atoms with Gasteiger partial charge >= 0.3 is 6.03 Å². The van der Waals surface area contributed by atoms with Gasteiger partial charge in [-0.3, -0.25) is 0 Å². The molecule has 0 unspecified atom stereocenters. The van der Waals surface area contributed by atoms with E-state index in [4.69, 9.17) is 5.10 Å². The van der Waals surface area contributed by atoms with Gasteiger partial charge in [0.05, 0.1) is 29.7 Å². The largest absolute Gasteiger partial charge is 0.322 e. The van der Waals surface area contributed by atoms with Crippen molar-refractivity contribution < 1.29 is 4.79 Å². The highest BCUT2D eigenvalue weighted by Gasteiger charge is 2.36. The number of hydrogen-bond acceptors (Lipinski definition) is 2. The molecule has 1 aliphatic heterocycles. The molecule has 0 spiro atoms.